The lowest BCUT2D eigenvalue weighted by molar-refractivity contribution is 0.163. The van der Waals surface area contributed by atoms with E-state index in [2.05, 4.69) is 24.1 Å². The zero-order chi connectivity index (χ0) is 12.0. The predicted molar refractivity (Wildman–Crippen MR) is 68.6 cm³/mol. The average Bonchev–Trinajstić information content (AvgIpc) is 3.11. The molecule has 1 fully saturated rings. The largest absolute Gasteiger partial charge is 0.394 e. The smallest absolute Gasteiger partial charge is 0.0610 e. The minimum absolute atomic E-state index is 0.0982. The lowest BCUT2D eigenvalue weighted by Gasteiger charge is -2.28. The van der Waals surface area contributed by atoms with Crippen LogP contribution in [0.5, 0.6) is 0 Å². The van der Waals surface area contributed by atoms with E-state index >= 15 is 0 Å². The quantitative estimate of drug-likeness (QED) is 0.627. The van der Waals surface area contributed by atoms with Crippen molar-refractivity contribution in [3.63, 3.8) is 0 Å². The van der Waals surface area contributed by atoms with Gasteiger partial charge in [0.15, 0.2) is 0 Å². The Morgan fingerprint density at radius 1 is 1.44 bits per heavy atom. The Balaban J connectivity index is 2.15. The van der Waals surface area contributed by atoms with Crippen molar-refractivity contribution in [2.45, 2.75) is 45.1 Å². The van der Waals surface area contributed by atoms with E-state index in [1.165, 1.54) is 32.4 Å². The molecule has 1 aliphatic carbocycles. The number of nitrogens with zero attached hydrogens (tertiary/aromatic N) is 1. The molecular weight excluding hydrogens is 200 g/mol. The van der Waals surface area contributed by atoms with Gasteiger partial charge in [-0.25, -0.2) is 0 Å². The summed E-state index contributed by atoms with van der Waals surface area (Å²) < 4.78 is 0. The number of hydrogen-bond acceptors (Lipinski definition) is 3. The monoisotopic (exact) mass is 228 g/mol. The summed E-state index contributed by atoms with van der Waals surface area (Å²) in [6.07, 6.45) is 5.07. The maximum absolute atomic E-state index is 9.29. The Hall–Kier alpha value is -0.120. The van der Waals surface area contributed by atoms with Gasteiger partial charge in [0.25, 0.3) is 0 Å². The molecule has 1 saturated carbocycles. The van der Waals surface area contributed by atoms with Crippen LogP contribution >= 0.6 is 0 Å². The molecule has 0 saturated heterocycles. The fourth-order valence-electron chi connectivity index (χ4n) is 2.02. The van der Waals surface area contributed by atoms with Gasteiger partial charge in [-0.3, -0.25) is 0 Å². The van der Waals surface area contributed by atoms with Crippen LogP contribution in [0.3, 0.4) is 0 Å². The highest BCUT2D eigenvalue weighted by atomic mass is 16.3. The molecule has 1 rings (SSSR count). The first-order valence-corrected chi connectivity index (χ1v) is 6.65. The molecule has 16 heavy (non-hydrogen) atoms. The predicted octanol–water partition coefficient (Wildman–Crippen LogP) is 1.47. The fraction of sp³-hybridized carbons (Fsp3) is 1.00. The van der Waals surface area contributed by atoms with Crippen LogP contribution in [0.1, 0.15) is 39.5 Å². The van der Waals surface area contributed by atoms with Gasteiger partial charge < -0.3 is 15.3 Å². The van der Waals surface area contributed by atoms with Gasteiger partial charge in [-0.1, -0.05) is 6.92 Å². The second-order valence-corrected chi connectivity index (χ2v) is 5.41. The van der Waals surface area contributed by atoms with Crippen LogP contribution in [0.4, 0.5) is 0 Å². The van der Waals surface area contributed by atoms with Crippen LogP contribution in [0.25, 0.3) is 0 Å². The molecule has 3 nitrogen and oxygen atoms in total. The van der Waals surface area contributed by atoms with Crippen molar-refractivity contribution in [3.8, 4) is 0 Å². The fourth-order valence-corrected chi connectivity index (χ4v) is 2.02. The SMILES string of the molecule is CCN(CCCC(C)(CO)NC)CC1CC1. The third-order valence-corrected chi connectivity index (χ3v) is 3.82. The molecule has 96 valence electrons. The average molecular weight is 228 g/mol. The minimum Gasteiger partial charge on any atom is -0.394 e. The summed E-state index contributed by atoms with van der Waals surface area (Å²) in [5.41, 5.74) is -0.0982. The van der Waals surface area contributed by atoms with E-state index in [0.29, 0.717) is 0 Å². The number of hydrogen-bond donors (Lipinski definition) is 2. The molecular formula is C13H28N2O. The standard InChI is InChI=1S/C13H28N2O/c1-4-15(10-12-6-7-12)9-5-8-13(2,11-16)14-3/h12,14,16H,4-11H2,1-3H3. The molecule has 0 aliphatic heterocycles. The van der Waals surface area contributed by atoms with E-state index in [1.54, 1.807) is 0 Å². The molecule has 2 N–H and O–H groups in total. The second-order valence-electron chi connectivity index (χ2n) is 5.41. The van der Waals surface area contributed by atoms with Gasteiger partial charge in [0.05, 0.1) is 6.61 Å². The van der Waals surface area contributed by atoms with Crippen LogP contribution in [-0.2, 0) is 0 Å². The molecule has 1 aliphatic rings. The highest BCUT2D eigenvalue weighted by Gasteiger charge is 2.24. The molecule has 0 bridgehead atoms. The zero-order valence-electron chi connectivity index (χ0n) is 11.1. The molecule has 1 atom stereocenters. The van der Waals surface area contributed by atoms with Crippen LogP contribution in [0.2, 0.25) is 0 Å². The maximum Gasteiger partial charge on any atom is 0.0610 e. The van der Waals surface area contributed by atoms with Crippen molar-refractivity contribution in [2.24, 2.45) is 5.92 Å². The van der Waals surface area contributed by atoms with Crippen LogP contribution in [0.15, 0.2) is 0 Å². The zero-order valence-corrected chi connectivity index (χ0v) is 11.1. The van der Waals surface area contributed by atoms with E-state index in [0.717, 1.165) is 18.9 Å². The first kappa shape index (κ1) is 13.9. The topological polar surface area (TPSA) is 35.5 Å². The number of aliphatic hydroxyl groups is 1. The Morgan fingerprint density at radius 2 is 2.12 bits per heavy atom. The molecule has 0 amide bonds. The van der Waals surface area contributed by atoms with E-state index in [-0.39, 0.29) is 12.1 Å². The number of nitrogens with one attached hydrogen (secondary N) is 1. The summed E-state index contributed by atoms with van der Waals surface area (Å²) in [5, 5.41) is 12.5. The lowest BCUT2D eigenvalue weighted by Crippen LogP contribution is -2.44. The van der Waals surface area contributed by atoms with Gasteiger partial charge in [0, 0.05) is 12.1 Å². The summed E-state index contributed by atoms with van der Waals surface area (Å²) in [6.45, 7) is 8.16. The van der Waals surface area contributed by atoms with Gasteiger partial charge in [0.1, 0.15) is 0 Å². The first-order chi connectivity index (χ1) is 7.63. The molecule has 0 aromatic carbocycles. The molecule has 0 spiro atoms. The summed E-state index contributed by atoms with van der Waals surface area (Å²) in [7, 11) is 1.93. The van der Waals surface area contributed by atoms with Crippen LogP contribution in [-0.4, -0.2) is 48.8 Å². The van der Waals surface area contributed by atoms with Crippen molar-refractivity contribution in [3.05, 3.63) is 0 Å². The van der Waals surface area contributed by atoms with E-state index in [1.807, 2.05) is 7.05 Å². The molecule has 0 radical (unpaired) electrons. The highest BCUT2D eigenvalue weighted by Crippen LogP contribution is 2.29. The summed E-state index contributed by atoms with van der Waals surface area (Å²) in [4.78, 5) is 2.55. The number of aliphatic hydroxyl groups excluding tert-OH is 1. The summed E-state index contributed by atoms with van der Waals surface area (Å²) in [5.74, 6) is 0.980. The Labute approximate surface area is 100 Å². The van der Waals surface area contributed by atoms with E-state index < -0.39 is 0 Å². The van der Waals surface area contributed by atoms with Crippen molar-refractivity contribution in [1.29, 1.82) is 0 Å². The number of likely N-dealkylation sites (N-methyl/N-ethyl adjacent to an activating group) is 1. The lowest BCUT2D eigenvalue weighted by atomic mass is 9.97. The summed E-state index contributed by atoms with van der Waals surface area (Å²) in [6, 6.07) is 0. The summed E-state index contributed by atoms with van der Waals surface area (Å²) >= 11 is 0. The van der Waals surface area contributed by atoms with Crippen LogP contribution in [0, 0.1) is 5.92 Å². The maximum atomic E-state index is 9.29. The van der Waals surface area contributed by atoms with Gasteiger partial charge in [-0.05, 0) is 58.7 Å². The van der Waals surface area contributed by atoms with Gasteiger partial charge in [-0.15, -0.1) is 0 Å². The molecule has 0 heterocycles. The van der Waals surface area contributed by atoms with Crippen molar-refractivity contribution >= 4 is 0 Å². The first-order valence-electron chi connectivity index (χ1n) is 6.65. The van der Waals surface area contributed by atoms with Crippen LogP contribution < -0.4 is 5.32 Å². The van der Waals surface area contributed by atoms with Gasteiger partial charge in [-0.2, -0.15) is 0 Å². The third kappa shape index (κ3) is 4.81. The van der Waals surface area contributed by atoms with Crippen molar-refractivity contribution in [2.75, 3.05) is 33.3 Å². The molecule has 1 unspecified atom stereocenters. The Morgan fingerprint density at radius 3 is 2.56 bits per heavy atom. The Bertz CT molecular complexity index is 188. The van der Waals surface area contributed by atoms with Crippen molar-refractivity contribution < 1.29 is 5.11 Å². The Kier molecular flexibility index (Phi) is 5.73. The van der Waals surface area contributed by atoms with E-state index in [4.69, 9.17) is 0 Å². The molecule has 0 aromatic rings. The normalized spacial score (nSPS) is 20.1. The molecule has 0 aromatic heterocycles. The highest BCUT2D eigenvalue weighted by molar-refractivity contribution is 4.81. The van der Waals surface area contributed by atoms with Crippen molar-refractivity contribution in [1.82, 2.24) is 10.2 Å². The second kappa shape index (κ2) is 6.58. The van der Waals surface area contributed by atoms with Gasteiger partial charge in [0.2, 0.25) is 0 Å². The molecule has 3 heteroatoms. The minimum atomic E-state index is -0.0982. The van der Waals surface area contributed by atoms with E-state index in [9.17, 15) is 5.11 Å². The number of rotatable bonds is 9. The third-order valence-electron chi connectivity index (χ3n) is 3.82. The van der Waals surface area contributed by atoms with Gasteiger partial charge >= 0.3 is 0 Å².